The molecule has 0 amide bonds. The van der Waals surface area contributed by atoms with Crippen LogP contribution in [0.3, 0.4) is 0 Å². The second-order valence-electron chi connectivity index (χ2n) is 9.16. The van der Waals surface area contributed by atoms with Crippen LogP contribution in [0, 0.1) is 6.92 Å². The molecule has 0 aliphatic rings. The lowest BCUT2D eigenvalue weighted by atomic mass is 9.98. The van der Waals surface area contributed by atoms with Crippen molar-refractivity contribution in [2.45, 2.75) is 82.8 Å². The fourth-order valence-electron chi connectivity index (χ4n) is 3.07. The molecular weight excluding hydrogens is 436 g/mol. The van der Waals surface area contributed by atoms with Gasteiger partial charge in [-0.1, -0.05) is 38.1 Å². The zero-order valence-corrected chi connectivity index (χ0v) is 21.0. The molecule has 8 heteroatoms. The first kappa shape index (κ1) is 25.5. The quantitative estimate of drug-likeness (QED) is 0.506. The van der Waals surface area contributed by atoms with Crippen LogP contribution in [0.4, 0.5) is 0 Å². The predicted octanol–water partition coefficient (Wildman–Crippen LogP) is 5.40. The summed E-state index contributed by atoms with van der Waals surface area (Å²) in [7, 11) is -8.30. The van der Waals surface area contributed by atoms with Crippen molar-refractivity contribution in [1.29, 1.82) is 0 Å². The van der Waals surface area contributed by atoms with Crippen LogP contribution in [-0.4, -0.2) is 28.5 Å². The van der Waals surface area contributed by atoms with Crippen molar-refractivity contribution in [1.82, 2.24) is 0 Å². The van der Waals surface area contributed by atoms with Gasteiger partial charge in [0, 0.05) is 11.1 Å². The van der Waals surface area contributed by atoms with Crippen LogP contribution in [0.2, 0.25) is 0 Å². The van der Waals surface area contributed by atoms with E-state index in [0.29, 0.717) is 5.56 Å². The van der Waals surface area contributed by atoms with Crippen molar-refractivity contribution in [3.63, 3.8) is 0 Å². The van der Waals surface area contributed by atoms with E-state index in [1.165, 1.54) is 6.07 Å². The Morgan fingerprint density at radius 2 is 1.29 bits per heavy atom. The zero-order valence-electron chi connectivity index (χ0n) is 19.4. The van der Waals surface area contributed by atoms with Crippen molar-refractivity contribution < 1.29 is 25.2 Å². The van der Waals surface area contributed by atoms with E-state index in [0.717, 1.165) is 5.56 Å². The first-order valence-electron chi connectivity index (χ1n) is 10.2. The van der Waals surface area contributed by atoms with Crippen LogP contribution in [0.25, 0.3) is 11.1 Å². The second-order valence-corrected chi connectivity index (χ2v) is 12.2. The van der Waals surface area contributed by atoms with E-state index in [2.05, 4.69) is 0 Å². The van der Waals surface area contributed by atoms with Gasteiger partial charge >= 0.3 is 0 Å². The molecule has 2 aromatic carbocycles. The van der Waals surface area contributed by atoms with Gasteiger partial charge in [-0.05, 0) is 70.7 Å². The summed E-state index contributed by atoms with van der Waals surface area (Å²) in [6.07, 6.45) is -0.564. The van der Waals surface area contributed by atoms with Crippen LogP contribution in [0.15, 0.2) is 46.2 Å². The maximum absolute atomic E-state index is 13.1. The minimum Gasteiger partial charge on any atom is -0.264 e. The lowest BCUT2D eigenvalue weighted by Crippen LogP contribution is -2.24. The summed E-state index contributed by atoms with van der Waals surface area (Å²) in [6, 6.07) is 9.82. The van der Waals surface area contributed by atoms with Crippen molar-refractivity contribution in [3.8, 4) is 11.1 Å². The maximum atomic E-state index is 13.1. The van der Waals surface area contributed by atoms with Crippen LogP contribution in [0.5, 0.6) is 0 Å². The van der Waals surface area contributed by atoms with E-state index in [-0.39, 0.29) is 26.8 Å². The molecule has 2 aromatic rings. The summed E-state index contributed by atoms with van der Waals surface area (Å²) in [5, 5.41) is 0. The molecule has 0 N–H and O–H groups in total. The molecule has 0 saturated carbocycles. The average molecular weight is 469 g/mol. The van der Waals surface area contributed by atoms with Crippen molar-refractivity contribution >= 4 is 20.2 Å². The molecule has 2 rings (SSSR count). The topological polar surface area (TPSA) is 86.7 Å². The Morgan fingerprint density at radius 3 is 1.77 bits per heavy atom. The van der Waals surface area contributed by atoms with Crippen LogP contribution < -0.4 is 0 Å². The van der Waals surface area contributed by atoms with Gasteiger partial charge in [-0.2, -0.15) is 16.8 Å². The zero-order chi connectivity index (χ0) is 23.8. The third kappa shape index (κ3) is 6.38. The number of rotatable bonds is 7. The summed E-state index contributed by atoms with van der Waals surface area (Å²) in [4.78, 5) is -0.149. The Hall–Kier alpha value is -1.74. The van der Waals surface area contributed by atoms with Gasteiger partial charge in [-0.3, -0.25) is 8.37 Å². The van der Waals surface area contributed by atoms with Gasteiger partial charge in [0.25, 0.3) is 20.2 Å². The van der Waals surface area contributed by atoms with E-state index in [1.807, 2.05) is 13.8 Å². The molecular formula is C23H32O6S2. The molecule has 0 unspecified atom stereocenters. The molecule has 6 nitrogen and oxygen atoms in total. The Labute approximate surface area is 186 Å². The van der Waals surface area contributed by atoms with Crippen LogP contribution in [0.1, 0.15) is 65.5 Å². The maximum Gasteiger partial charge on any atom is 0.298 e. The van der Waals surface area contributed by atoms with E-state index in [9.17, 15) is 16.8 Å². The van der Waals surface area contributed by atoms with Gasteiger partial charge in [0.1, 0.15) is 9.79 Å². The molecule has 0 heterocycles. The summed E-state index contributed by atoms with van der Waals surface area (Å²) in [5.41, 5.74) is 1.06. The lowest BCUT2D eigenvalue weighted by molar-refractivity contribution is 0.139. The fourth-order valence-corrected chi connectivity index (χ4v) is 5.93. The lowest BCUT2D eigenvalue weighted by Gasteiger charge is -2.22. The van der Waals surface area contributed by atoms with Gasteiger partial charge in [-0.25, -0.2) is 0 Å². The number of aryl methyl sites for hydroxylation is 1. The Balaban J connectivity index is 2.86. The second kappa shape index (κ2) is 9.02. The Bertz CT molecular complexity index is 1160. The van der Waals surface area contributed by atoms with Crippen molar-refractivity contribution in [2.75, 3.05) is 0 Å². The minimum absolute atomic E-state index is 0.0662. The monoisotopic (exact) mass is 468 g/mol. The normalized spacial score (nSPS) is 13.2. The molecule has 0 bridgehead atoms. The van der Waals surface area contributed by atoms with E-state index >= 15 is 0 Å². The molecule has 172 valence electrons. The van der Waals surface area contributed by atoms with Gasteiger partial charge < -0.3 is 0 Å². The minimum atomic E-state index is -4.17. The SMILES string of the molecule is Cc1ccc(-c2ccc(C(C)C)cc2S(=O)(=O)OC(C)C)c(S(=O)(=O)OC(C)(C)C)c1. The molecule has 0 fully saturated rings. The molecule has 0 saturated heterocycles. The largest absolute Gasteiger partial charge is 0.298 e. The highest BCUT2D eigenvalue weighted by molar-refractivity contribution is 7.87. The highest BCUT2D eigenvalue weighted by atomic mass is 32.2. The number of hydrogen-bond acceptors (Lipinski definition) is 6. The summed E-state index contributed by atoms with van der Waals surface area (Å²) < 4.78 is 63.0. The predicted molar refractivity (Wildman–Crippen MR) is 122 cm³/mol. The van der Waals surface area contributed by atoms with E-state index in [4.69, 9.17) is 8.37 Å². The first-order chi connectivity index (χ1) is 14.0. The van der Waals surface area contributed by atoms with E-state index in [1.54, 1.807) is 71.9 Å². The van der Waals surface area contributed by atoms with E-state index < -0.39 is 31.9 Å². The third-order valence-corrected chi connectivity index (χ3v) is 7.43. The number of hydrogen-bond donors (Lipinski definition) is 0. The van der Waals surface area contributed by atoms with Gasteiger partial charge in [0.2, 0.25) is 0 Å². The Morgan fingerprint density at radius 1 is 0.774 bits per heavy atom. The summed E-state index contributed by atoms with van der Waals surface area (Å²) >= 11 is 0. The number of benzene rings is 2. The van der Waals surface area contributed by atoms with Gasteiger partial charge in [0.05, 0.1) is 11.7 Å². The summed E-state index contributed by atoms with van der Waals surface area (Å²) in [6.45, 7) is 13.9. The highest BCUT2D eigenvalue weighted by Crippen LogP contribution is 2.37. The van der Waals surface area contributed by atoms with Gasteiger partial charge in [-0.15, -0.1) is 0 Å². The standard InChI is InChI=1S/C23H32O6S2/c1-15(2)18-10-12-20(22(14-18)30(24,25)28-16(3)4)19-11-9-17(5)13-21(19)31(26,27)29-23(6,7)8/h9-16H,1-8H3. The van der Waals surface area contributed by atoms with Crippen molar-refractivity contribution in [2.24, 2.45) is 0 Å². The Kier molecular flexibility index (Phi) is 7.42. The molecule has 0 aromatic heterocycles. The smallest absolute Gasteiger partial charge is 0.264 e. The molecule has 31 heavy (non-hydrogen) atoms. The molecule has 0 aliphatic heterocycles. The molecule has 0 spiro atoms. The summed E-state index contributed by atoms with van der Waals surface area (Å²) in [5.74, 6) is 0.0764. The van der Waals surface area contributed by atoms with Crippen LogP contribution >= 0.6 is 0 Å². The van der Waals surface area contributed by atoms with Crippen molar-refractivity contribution in [3.05, 3.63) is 47.5 Å². The van der Waals surface area contributed by atoms with Crippen LogP contribution in [-0.2, 0) is 28.6 Å². The average Bonchev–Trinajstić information content (AvgIpc) is 2.58. The van der Waals surface area contributed by atoms with Gasteiger partial charge in [0.15, 0.2) is 0 Å². The first-order valence-corrected chi connectivity index (χ1v) is 13.0. The molecule has 0 aliphatic carbocycles. The highest BCUT2D eigenvalue weighted by Gasteiger charge is 2.30. The fraction of sp³-hybridized carbons (Fsp3) is 0.478. The third-order valence-electron chi connectivity index (χ3n) is 4.32. The molecule has 0 atom stereocenters. The molecule has 0 radical (unpaired) electrons.